The number of amides is 1. The summed E-state index contributed by atoms with van der Waals surface area (Å²) in [6.45, 7) is 0.319. The fourth-order valence-corrected chi connectivity index (χ4v) is 2.54. The van der Waals surface area contributed by atoms with Crippen LogP contribution in [0.5, 0.6) is 0 Å². The van der Waals surface area contributed by atoms with Gasteiger partial charge < -0.3 is 9.32 Å². The van der Waals surface area contributed by atoms with Gasteiger partial charge in [0.15, 0.2) is 0 Å². The lowest BCUT2D eigenvalue weighted by Gasteiger charge is -2.14. The first-order chi connectivity index (χ1) is 7.97. The fraction of sp³-hybridized carbons (Fsp3) is 0.500. The molecule has 1 saturated heterocycles. The largest absolute Gasteiger partial charge is 0.472 e. The highest BCUT2D eigenvalue weighted by molar-refractivity contribution is 7.87. The van der Waals surface area contributed by atoms with Gasteiger partial charge in [-0.25, -0.2) is 0 Å². The molecule has 7 heteroatoms. The summed E-state index contributed by atoms with van der Waals surface area (Å²) in [4.78, 5) is 12.8. The Morgan fingerprint density at radius 2 is 2.29 bits per heavy atom. The van der Waals surface area contributed by atoms with Crippen molar-refractivity contribution in [1.82, 2.24) is 4.90 Å². The number of likely N-dealkylation sites (tertiary alicyclic amines) is 1. The van der Waals surface area contributed by atoms with Gasteiger partial charge in [0, 0.05) is 19.5 Å². The van der Waals surface area contributed by atoms with Crippen molar-refractivity contribution in [2.24, 2.45) is 0 Å². The van der Waals surface area contributed by atoms with Crippen LogP contribution in [-0.2, 0) is 21.4 Å². The maximum absolute atomic E-state index is 12.7. The molecule has 17 heavy (non-hydrogen) atoms. The quantitative estimate of drug-likeness (QED) is 0.749. The molecule has 1 aliphatic rings. The summed E-state index contributed by atoms with van der Waals surface area (Å²) in [5.41, 5.74) is 0.921. The molecule has 1 fully saturated rings. The standard InChI is InChI=1S/C10H12FNO4S/c11-17(14,15)9-5-10(13)12(6-9)3-1-8-2-4-16-7-8/h2,4,7,9H,1,3,5-6H2. The molecule has 1 atom stereocenters. The average Bonchev–Trinajstić information content (AvgIpc) is 2.83. The number of carbonyl (C=O) groups excluding carboxylic acids is 1. The minimum absolute atomic E-state index is 0.0600. The number of hydrogen-bond donors (Lipinski definition) is 0. The van der Waals surface area contributed by atoms with Crippen LogP contribution in [0.1, 0.15) is 12.0 Å². The summed E-state index contributed by atoms with van der Waals surface area (Å²) < 4.78 is 39.0. The number of halogens is 1. The molecule has 0 aromatic carbocycles. The Kier molecular flexibility index (Phi) is 3.19. The van der Waals surface area contributed by atoms with Crippen molar-refractivity contribution in [3.05, 3.63) is 24.2 Å². The molecule has 0 aliphatic carbocycles. The van der Waals surface area contributed by atoms with Gasteiger partial charge >= 0.3 is 10.2 Å². The van der Waals surface area contributed by atoms with Crippen molar-refractivity contribution < 1.29 is 21.5 Å². The van der Waals surface area contributed by atoms with Gasteiger partial charge in [0.25, 0.3) is 0 Å². The zero-order valence-corrected chi connectivity index (χ0v) is 9.82. The summed E-state index contributed by atoms with van der Waals surface area (Å²) in [5, 5.41) is -1.21. The molecule has 0 N–H and O–H groups in total. The van der Waals surface area contributed by atoms with E-state index in [1.165, 1.54) is 11.2 Å². The van der Waals surface area contributed by atoms with Crippen LogP contribution >= 0.6 is 0 Å². The molecular formula is C10H12FNO4S. The van der Waals surface area contributed by atoms with Crippen LogP contribution in [0.25, 0.3) is 0 Å². The highest BCUT2D eigenvalue weighted by Crippen LogP contribution is 2.19. The summed E-state index contributed by atoms with van der Waals surface area (Å²) in [6, 6.07) is 1.77. The van der Waals surface area contributed by atoms with E-state index in [2.05, 4.69) is 0 Å². The molecule has 5 nitrogen and oxygen atoms in total. The van der Waals surface area contributed by atoms with Gasteiger partial charge in [-0.1, -0.05) is 0 Å². The van der Waals surface area contributed by atoms with Crippen molar-refractivity contribution in [3.8, 4) is 0 Å². The summed E-state index contributed by atoms with van der Waals surface area (Å²) >= 11 is 0. The average molecular weight is 261 g/mol. The molecule has 1 aromatic rings. The van der Waals surface area contributed by atoms with Crippen LogP contribution in [0.4, 0.5) is 3.89 Å². The second-order valence-corrected chi connectivity index (χ2v) is 5.64. The van der Waals surface area contributed by atoms with Crippen LogP contribution in [0, 0.1) is 0 Å². The Balaban J connectivity index is 1.93. The van der Waals surface area contributed by atoms with Crippen LogP contribution in [0.2, 0.25) is 0 Å². The van der Waals surface area contributed by atoms with Crippen molar-refractivity contribution in [2.75, 3.05) is 13.1 Å². The van der Waals surface area contributed by atoms with E-state index in [9.17, 15) is 17.1 Å². The maximum Gasteiger partial charge on any atom is 0.307 e. The Morgan fingerprint density at radius 1 is 1.53 bits per heavy atom. The minimum Gasteiger partial charge on any atom is -0.472 e. The molecule has 0 radical (unpaired) electrons. The highest BCUT2D eigenvalue weighted by Gasteiger charge is 2.37. The van der Waals surface area contributed by atoms with Crippen molar-refractivity contribution in [2.45, 2.75) is 18.1 Å². The monoisotopic (exact) mass is 261 g/mol. The Labute approximate surface area is 98.4 Å². The zero-order valence-electron chi connectivity index (χ0n) is 9.00. The molecular weight excluding hydrogens is 249 g/mol. The highest BCUT2D eigenvalue weighted by atomic mass is 32.3. The van der Waals surface area contributed by atoms with E-state index in [1.54, 1.807) is 12.3 Å². The summed E-state index contributed by atoms with van der Waals surface area (Å²) in [7, 11) is -4.62. The van der Waals surface area contributed by atoms with E-state index in [0.717, 1.165) is 5.56 Å². The van der Waals surface area contributed by atoms with Gasteiger partial charge in [-0.3, -0.25) is 4.79 Å². The Hall–Kier alpha value is -1.37. The third-order valence-electron chi connectivity index (χ3n) is 2.83. The lowest BCUT2D eigenvalue weighted by atomic mass is 10.2. The molecule has 2 heterocycles. The molecule has 1 unspecified atom stereocenters. The van der Waals surface area contributed by atoms with E-state index in [-0.39, 0.29) is 18.9 Å². The van der Waals surface area contributed by atoms with Gasteiger partial charge in [0.2, 0.25) is 5.91 Å². The third-order valence-corrected chi connectivity index (χ3v) is 3.94. The molecule has 1 amide bonds. The van der Waals surface area contributed by atoms with Gasteiger partial charge in [0.05, 0.1) is 12.5 Å². The first kappa shape index (κ1) is 12.1. The van der Waals surface area contributed by atoms with Crippen molar-refractivity contribution >= 4 is 16.1 Å². The third kappa shape index (κ3) is 2.85. The van der Waals surface area contributed by atoms with Gasteiger partial charge in [-0.05, 0) is 18.1 Å². The van der Waals surface area contributed by atoms with Crippen LogP contribution < -0.4 is 0 Å². The molecule has 1 aliphatic heterocycles. The number of carbonyl (C=O) groups is 1. The maximum atomic E-state index is 12.7. The van der Waals surface area contributed by atoms with Gasteiger partial charge in [-0.2, -0.15) is 8.42 Å². The zero-order chi connectivity index (χ0) is 12.5. The minimum atomic E-state index is -4.62. The number of hydrogen-bond acceptors (Lipinski definition) is 4. The fourth-order valence-electron chi connectivity index (χ4n) is 1.84. The van der Waals surface area contributed by atoms with Crippen LogP contribution in [0.3, 0.4) is 0 Å². The number of nitrogens with zero attached hydrogens (tertiary/aromatic N) is 1. The second kappa shape index (κ2) is 4.48. The molecule has 1 aromatic heterocycles. The molecule has 0 bridgehead atoms. The molecule has 0 saturated carbocycles. The predicted molar refractivity (Wildman–Crippen MR) is 57.4 cm³/mol. The topological polar surface area (TPSA) is 67.6 Å². The number of furan rings is 1. The molecule has 94 valence electrons. The van der Waals surface area contributed by atoms with Crippen molar-refractivity contribution in [1.29, 1.82) is 0 Å². The van der Waals surface area contributed by atoms with E-state index in [0.29, 0.717) is 13.0 Å². The predicted octanol–water partition coefficient (Wildman–Crippen LogP) is 0.722. The van der Waals surface area contributed by atoms with E-state index in [1.807, 2.05) is 0 Å². The first-order valence-corrected chi connectivity index (χ1v) is 6.64. The van der Waals surface area contributed by atoms with E-state index in [4.69, 9.17) is 4.42 Å². The number of rotatable bonds is 4. The Morgan fingerprint density at radius 3 is 2.82 bits per heavy atom. The van der Waals surface area contributed by atoms with Crippen LogP contribution in [0.15, 0.2) is 23.0 Å². The smallest absolute Gasteiger partial charge is 0.307 e. The Bertz CT molecular complexity index is 496. The lowest BCUT2D eigenvalue weighted by Crippen LogP contribution is -2.29. The SMILES string of the molecule is O=C1CC(S(=O)(=O)F)CN1CCc1ccoc1. The van der Waals surface area contributed by atoms with Gasteiger partial charge in [-0.15, -0.1) is 3.89 Å². The molecule has 0 spiro atoms. The normalized spacial score (nSPS) is 21.1. The molecule has 2 rings (SSSR count). The van der Waals surface area contributed by atoms with E-state index < -0.39 is 15.5 Å². The van der Waals surface area contributed by atoms with Crippen LogP contribution in [-0.4, -0.2) is 37.6 Å². The lowest BCUT2D eigenvalue weighted by molar-refractivity contribution is -0.127. The van der Waals surface area contributed by atoms with E-state index >= 15 is 0 Å². The van der Waals surface area contributed by atoms with Crippen molar-refractivity contribution in [3.63, 3.8) is 0 Å². The summed E-state index contributed by atoms with van der Waals surface area (Å²) in [5.74, 6) is -0.320. The summed E-state index contributed by atoms with van der Waals surface area (Å²) in [6.07, 6.45) is 3.39. The second-order valence-electron chi connectivity index (χ2n) is 4.02. The van der Waals surface area contributed by atoms with Gasteiger partial charge in [0.1, 0.15) is 5.25 Å². The first-order valence-electron chi connectivity index (χ1n) is 5.19.